The van der Waals surface area contributed by atoms with Crippen molar-refractivity contribution < 1.29 is 14.7 Å². The van der Waals surface area contributed by atoms with E-state index in [4.69, 9.17) is 0 Å². The SMILES string of the molecule is Cc1ccc([C@H]2/C(=C(\O)c3ccccc3)C(=O)C(=O)N2CCc2ccccc2)cc1. The van der Waals surface area contributed by atoms with Gasteiger partial charge in [-0.3, -0.25) is 9.59 Å². The van der Waals surface area contributed by atoms with Crippen molar-refractivity contribution in [1.29, 1.82) is 0 Å². The number of rotatable bonds is 5. The van der Waals surface area contributed by atoms with Crippen LogP contribution >= 0.6 is 0 Å². The summed E-state index contributed by atoms with van der Waals surface area (Å²) in [5, 5.41) is 11.0. The van der Waals surface area contributed by atoms with Crippen molar-refractivity contribution in [2.75, 3.05) is 6.54 Å². The largest absolute Gasteiger partial charge is 0.507 e. The average molecular weight is 397 g/mol. The molecule has 0 aromatic heterocycles. The molecule has 30 heavy (non-hydrogen) atoms. The first-order valence-corrected chi connectivity index (χ1v) is 10.0. The standard InChI is InChI=1S/C26H23NO3/c1-18-12-14-20(15-13-18)23-22(24(28)21-10-6-3-7-11-21)25(29)26(30)27(23)17-16-19-8-4-2-5-9-19/h2-15,23,28H,16-17H2,1H3/b24-22+/t23-/m0/s1. The highest BCUT2D eigenvalue weighted by Crippen LogP contribution is 2.39. The van der Waals surface area contributed by atoms with Crippen LogP contribution in [0.15, 0.2) is 90.5 Å². The van der Waals surface area contributed by atoms with Crippen molar-refractivity contribution in [2.45, 2.75) is 19.4 Å². The Morgan fingerprint density at radius 3 is 2.10 bits per heavy atom. The van der Waals surface area contributed by atoms with E-state index in [2.05, 4.69) is 0 Å². The zero-order valence-corrected chi connectivity index (χ0v) is 16.8. The van der Waals surface area contributed by atoms with E-state index in [1.807, 2.05) is 67.6 Å². The lowest BCUT2D eigenvalue weighted by Gasteiger charge is -2.25. The molecule has 1 atom stereocenters. The van der Waals surface area contributed by atoms with Crippen molar-refractivity contribution in [3.63, 3.8) is 0 Å². The van der Waals surface area contributed by atoms with Gasteiger partial charge < -0.3 is 10.0 Å². The van der Waals surface area contributed by atoms with Crippen LogP contribution in [0.1, 0.15) is 28.3 Å². The predicted octanol–water partition coefficient (Wildman–Crippen LogP) is 4.66. The number of aliphatic hydroxyl groups is 1. The van der Waals surface area contributed by atoms with Gasteiger partial charge in [0.2, 0.25) is 0 Å². The molecule has 0 saturated carbocycles. The topological polar surface area (TPSA) is 57.6 Å². The van der Waals surface area contributed by atoms with Gasteiger partial charge in [0.25, 0.3) is 11.7 Å². The summed E-state index contributed by atoms with van der Waals surface area (Å²) in [7, 11) is 0. The Hall–Kier alpha value is -3.66. The first-order chi connectivity index (χ1) is 14.6. The highest BCUT2D eigenvalue weighted by Gasteiger charge is 2.45. The average Bonchev–Trinajstić information content (AvgIpc) is 3.04. The molecule has 1 saturated heterocycles. The van der Waals surface area contributed by atoms with Crippen LogP contribution in [0, 0.1) is 6.92 Å². The Kier molecular flexibility index (Phi) is 5.48. The van der Waals surface area contributed by atoms with Crippen molar-refractivity contribution >= 4 is 17.4 Å². The third kappa shape index (κ3) is 3.77. The fourth-order valence-corrected chi connectivity index (χ4v) is 3.85. The van der Waals surface area contributed by atoms with Crippen LogP contribution in [0.3, 0.4) is 0 Å². The molecular weight excluding hydrogens is 374 g/mol. The molecule has 4 rings (SSSR count). The maximum atomic E-state index is 13.0. The van der Waals surface area contributed by atoms with Crippen molar-refractivity contribution in [3.05, 3.63) is 113 Å². The number of hydrogen-bond donors (Lipinski definition) is 1. The van der Waals surface area contributed by atoms with Gasteiger partial charge in [0.15, 0.2) is 0 Å². The monoisotopic (exact) mass is 397 g/mol. The molecule has 4 heteroatoms. The first kappa shape index (κ1) is 19.6. The zero-order valence-electron chi connectivity index (χ0n) is 16.8. The minimum Gasteiger partial charge on any atom is -0.507 e. The van der Waals surface area contributed by atoms with Gasteiger partial charge in [-0.2, -0.15) is 0 Å². The Morgan fingerprint density at radius 2 is 1.47 bits per heavy atom. The molecule has 0 aliphatic carbocycles. The maximum absolute atomic E-state index is 13.0. The Morgan fingerprint density at radius 1 is 0.867 bits per heavy atom. The Balaban J connectivity index is 1.78. The highest BCUT2D eigenvalue weighted by atomic mass is 16.3. The van der Waals surface area contributed by atoms with Crippen molar-refractivity contribution in [3.8, 4) is 0 Å². The van der Waals surface area contributed by atoms with Gasteiger partial charge in [-0.05, 0) is 24.5 Å². The third-order valence-corrected chi connectivity index (χ3v) is 5.46. The number of hydrogen-bond acceptors (Lipinski definition) is 3. The summed E-state index contributed by atoms with van der Waals surface area (Å²) in [6, 6.07) is 25.9. The minimum absolute atomic E-state index is 0.137. The van der Waals surface area contributed by atoms with Gasteiger partial charge >= 0.3 is 0 Å². The van der Waals surface area contributed by atoms with E-state index in [1.165, 1.54) is 0 Å². The van der Waals surface area contributed by atoms with E-state index in [9.17, 15) is 14.7 Å². The van der Waals surface area contributed by atoms with E-state index in [-0.39, 0.29) is 11.3 Å². The zero-order chi connectivity index (χ0) is 21.1. The molecule has 1 aliphatic heterocycles. The number of benzene rings is 3. The fraction of sp³-hybridized carbons (Fsp3) is 0.154. The van der Waals surface area contributed by atoms with Crippen LogP contribution in [-0.2, 0) is 16.0 Å². The van der Waals surface area contributed by atoms with Crippen LogP contribution in [-0.4, -0.2) is 28.2 Å². The molecule has 0 bridgehead atoms. The molecule has 0 unspecified atom stereocenters. The normalized spacial score (nSPS) is 18.0. The van der Waals surface area contributed by atoms with Crippen LogP contribution in [0.25, 0.3) is 5.76 Å². The maximum Gasteiger partial charge on any atom is 0.295 e. The van der Waals surface area contributed by atoms with E-state index in [0.29, 0.717) is 18.5 Å². The number of amides is 1. The molecule has 1 heterocycles. The van der Waals surface area contributed by atoms with Gasteiger partial charge in [0.05, 0.1) is 11.6 Å². The molecule has 150 valence electrons. The molecule has 3 aromatic carbocycles. The summed E-state index contributed by atoms with van der Waals surface area (Å²) in [4.78, 5) is 27.5. The Labute approximate surface area is 176 Å². The van der Waals surface area contributed by atoms with E-state index in [0.717, 1.165) is 16.7 Å². The fourth-order valence-electron chi connectivity index (χ4n) is 3.85. The summed E-state index contributed by atoms with van der Waals surface area (Å²) < 4.78 is 0. The summed E-state index contributed by atoms with van der Waals surface area (Å²) in [5.41, 5.74) is 3.65. The highest BCUT2D eigenvalue weighted by molar-refractivity contribution is 6.46. The molecule has 1 aliphatic rings. The molecule has 0 radical (unpaired) electrons. The molecule has 0 spiro atoms. The number of ketones is 1. The van der Waals surface area contributed by atoms with Gasteiger partial charge in [0.1, 0.15) is 5.76 Å². The molecular formula is C26H23NO3. The Bertz CT molecular complexity index is 1090. The molecule has 3 aromatic rings. The number of aryl methyl sites for hydroxylation is 1. The molecule has 1 N–H and O–H groups in total. The lowest BCUT2D eigenvalue weighted by molar-refractivity contribution is -0.139. The summed E-state index contributed by atoms with van der Waals surface area (Å²) >= 11 is 0. The second-order valence-corrected chi connectivity index (χ2v) is 7.50. The second kappa shape index (κ2) is 8.37. The minimum atomic E-state index is -0.644. The van der Waals surface area contributed by atoms with Crippen LogP contribution in [0.2, 0.25) is 0 Å². The van der Waals surface area contributed by atoms with Crippen molar-refractivity contribution in [2.24, 2.45) is 0 Å². The van der Waals surface area contributed by atoms with Crippen molar-refractivity contribution in [1.82, 2.24) is 4.90 Å². The summed E-state index contributed by atoms with van der Waals surface area (Å²) in [6.45, 7) is 2.37. The molecule has 1 amide bonds. The number of carbonyl (C=O) groups is 2. The van der Waals surface area contributed by atoms with Crippen LogP contribution in [0.5, 0.6) is 0 Å². The number of carbonyl (C=O) groups excluding carboxylic acids is 2. The lowest BCUT2D eigenvalue weighted by atomic mass is 9.94. The molecule has 4 nitrogen and oxygen atoms in total. The van der Waals surface area contributed by atoms with Gasteiger partial charge in [-0.25, -0.2) is 0 Å². The van der Waals surface area contributed by atoms with Gasteiger partial charge in [-0.15, -0.1) is 0 Å². The smallest absolute Gasteiger partial charge is 0.295 e. The quantitative estimate of drug-likeness (QED) is 0.387. The number of likely N-dealkylation sites (tertiary alicyclic amines) is 1. The summed E-state index contributed by atoms with van der Waals surface area (Å²) in [6.07, 6.45) is 0.627. The van der Waals surface area contributed by atoms with Gasteiger partial charge in [-0.1, -0.05) is 90.5 Å². The number of Topliss-reactive ketones (excluding diaryl/α,β-unsaturated/α-hetero) is 1. The predicted molar refractivity (Wildman–Crippen MR) is 117 cm³/mol. The van der Waals surface area contributed by atoms with Crippen LogP contribution < -0.4 is 0 Å². The number of aliphatic hydroxyl groups excluding tert-OH is 1. The molecule has 1 fully saturated rings. The number of nitrogens with zero attached hydrogens (tertiary/aromatic N) is 1. The third-order valence-electron chi connectivity index (χ3n) is 5.46. The first-order valence-electron chi connectivity index (χ1n) is 10.0. The van der Waals surface area contributed by atoms with E-state index >= 15 is 0 Å². The van der Waals surface area contributed by atoms with Gasteiger partial charge in [0, 0.05) is 12.1 Å². The lowest BCUT2D eigenvalue weighted by Crippen LogP contribution is -2.31. The van der Waals surface area contributed by atoms with E-state index < -0.39 is 17.7 Å². The van der Waals surface area contributed by atoms with Crippen LogP contribution in [0.4, 0.5) is 0 Å². The van der Waals surface area contributed by atoms with E-state index in [1.54, 1.807) is 29.2 Å². The second-order valence-electron chi connectivity index (χ2n) is 7.50. The summed E-state index contributed by atoms with van der Waals surface area (Å²) in [5.74, 6) is -1.36.